The van der Waals surface area contributed by atoms with Crippen LogP contribution < -0.4 is 0 Å². The largest absolute Gasteiger partial charge is 0.481 e. The molecule has 8 nitrogen and oxygen atoms in total. The molecular formula is C15H18N4O4. The van der Waals surface area contributed by atoms with Crippen molar-refractivity contribution in [3.63, 3.8) is 0 Å². The summed E-state index contributed by atoms with van der Waals surface area (Å²) in [6, 6.07) is 6.36. The highest BCUT2D eigenvalue weighted by atomic mass is 16.4. The molecule has 0 saturated heterocycles. The summed E-state index contributed by atoms with van der Waals surface area (Å²) >= 11 is 0. The van der Waals surface area contributed by atoms with Crippen molar-refractivity contribution in [1.82, 2.24) is 20.6 Å². The van der Waals surface area contributed by atoms with E-state index < -0.39 is 23.8 Å². The van der Waals surface area contributed by atoms with Crippen LogP contribution in [-0.2, 0) is 11.2 Å². The lowest BCUT2D eigenvalue weighted by Crippen LogP contribution is -2.25. The van der Waals surface area contributed by atoms with E-state index in [4.69, 9.17) is 5.11 Å². The average molecular weight is 318 g/mol. The normalized spacial score (nSPS) is 13.4. The Morgan fingerprint density at radius 3 is 2.39 bits per heavy atom. The number of aromatic nitrogens is 4. The molecule has 2 aromatic rings. The summed E-state index contributed by atoms with van der Waals surface area (Å²) in [6.07, 6.45) is 1.63. The fraction of sp³-hybridized carbons (Fsp3) is 0.400. The molecule has 2 unspecified atom stereocenters. The number of nitrogens with zero attached hydrogens (tertiary/aromatic N) is 3. The number of carbonyl (C=O) groups is 2. The number of H-pyrrole nitrogens is 1. The second-order valence-corrected chi connectivity index (χ2v) is 5.32. The molecule has 0 aliphatic rings. The maximum atomic E-state index is 11.6. The van der Waals surface area contributed by atoms with E-state index in [1.165, 1.54) is 12.1 Å². The molecule has 2 rings (SSSR count). The van der Waals surface area contributed by atoms with Crippen LogP contribution in [0.4, 0.5) is 0 Å². The Balaban J connectivity index is 2.27. The highest BCUT2D eigenvalue weighted by Gasteiger charge is 2.31. The first-order valence-electron chi connectivity index (χ1n) is 7.31. The lowest BCUT2D eigenvalue weighted by atomic mass is 9.83. The zero-order valence-electron chi connectivity index (χ0n) is 12.6. The summed E-state index contributed by atoms with van der Waals surface area (Å²) in [4.78, 5) is 22.5. The van der Waals surface area contributed by atoms with Crippen LogP contribution in [0.1, 0.15) is 47.4 Å². The van der Waals surface area contributed by atoms with E-state index in [2.05, 4.69) is 20.6 Å². The smallest absolute Gasteiger partial charge is 0.335 e. The van der Waals surface area contributed by atoms with Gasteiger partial charge in [-0.15, -0.1) is 10.2 Å². The van der Waals surface area contributed by atoms with Crippen LogP contribution in [-0.4, -0.2) is 42.8 Å². The Hall–Kier alpha value is -2.77. The Morgan fingerprint density at radius 1 is 1.22 bits per heavy atom. The topological polar surface area (TPSA) is 129 Å². The van der Waals surface area contributed by atoms with E-state index in [0.29, 0.717) is 18.7 Å². The molecule has 0 saturated carbocycles. The number of hydrogen-bond donors (Lipinski definition) is 3. The number of hydrogen-bond acceptors (Lipinski definition) is 5. The second kappa shape index (κ2) is 7.48. The van der Waals surface area contributed by atoms with Crippen molar-refractivity contribution in [3.8, 4) is 0 Å². The maximum Gasteiger partial charge on any atom is 0.335 e. The quantitative estimate of drug-likeness (QED) is 0.675. The van der Waals surface area contributed by atoms with Gasteiger partial charge in [-0.3, -0.25) is 4.79 Å². The summed E-state index contributed by atoms with van der Waals surface area (Å²) in [5, 5.41) is 32.2. The third-order valence-corrected chi connectivity index (χ3v) is 3.75. The molecule has 0 amide bonds. The van der Waals surface area contributed by atoms with Gasteiger partial charge in [-0.1, -0.05) is 30.7 Å². The van der Waals surface area contributed by atoms with Crippen LogP contribution in [0.2, 0.25) is 0 Å². The number of nitrogens with one attached hydrogen (secondary N) is 1. The van der Waals surface area contributed by atoms with Gasteiger partial charge in [-0.2, -0.15) is 5.21 Å². The summed E-state index contributed by atoms with van der Waals surface area (Å²) in [5.74, 6) is -2.60. The minimum Gasteiger partial charge on any atom is -0.481 e. The molecule has 0 spiro atoms. The van der Waals surface area contributed by atoms with E-state index in [9.17, 15) is 14.7 Å². The van der Waals surface area contributed by atoms with Gasteiger partial charge in [-0.25, -0.2) is 4.79 Å². The molecule has 0 fully saturated rings. The van der Waals surface area contributed by atoms with Crippen molar-refractivity contribution in [2.45, 2.75) is 32.1 Å². The molecule has 3 N–H and O–H groups in total. The molecular weight excluding hydrogens is 300 g/mol. The molecule has 1 aromatic carbocycles. The SMILES string of the molecule is CCCC(C(=O)O)C(Cc1ccc(C(=O)O)cc1)c1nn[nH]n1. The average Bonchev–Trinajstić information content (AvgIpc) is 3.05. The molecule has 0 aliphatic heterocycles. The predicted molar refractivity (Wildman–Crippen MR) is 80.1 cm³/mol. The minimum absolute atomic E-state index is 0.188. The van der Waals surface area contributed by atoms with Crippen molar-refractivity contribution in [3.05, 3.63) is 41.2 Å². The minimum atomic E-state index is -0.999. The van der Waals surface area contributed by atoms with E-state index in [0.717, 1.165) is 12.0 Å². The Morgan fingerprint density at radius 2 is 1.91 bits per heavy atom. The Labute approximate surface area is 132 Å². The zero-order chi connectivity index (χ0) is 16.8. The number of carboxylic acids is 2. The third-order valence-electron chi connectivity index (χ3n) is 3.75. The summed E-state index contributed by atoms with van der Waals surface area (Å²) in [6.45, 7) is 1.92. The fourth-order valence-corrected chi connectivity index (χ4v) is 2.59. The molecule has 8 heteroatoms. The van der Waals surface area contributed by atoms with Gasteiger partial charge in [0.05, 0.1) is 11.5 Å². The third kappa shape index (κ3) is 4.12. The first-order valence-corrected chi connectivity index (χ1v) is 7.31. The van der Waals surface area contributed by atoms with Gasteiger partial charge >= 0.3 is 11.9 Å². The second-order valence-electron chi connectivity index (χ2n) is 5.32. The molecule has 1 heterocycles. The van der Waals surface area contributed by atoms with E-state index in [-0.39, 0.29) is 5.56 Å². The predicted octanol–water partition coefficient (Wildman–Crippen LogP) is 1.73. The van der Waals surface area contributed by atoms with E-state index in [1.54, 1.807) is 12.1 Å². The number of benzene rings is 1. The summed E-state index contributed by atoms with van der Waals surface area (Å²) in [5.41, 5.74) is 1.01. The molecule has 1 aromatic heterocycles. The number of aromatic amines is 1. The fourth-order valence-electron chi connectivity index (χ4n) is 2.59. The van der Waals surface area contributed by atoms with Gasteiger partial charge < -0.3 is 10.2 Å². The zero-order valence-corrected chi connectivity index (χ0v) is 12.6. The van der Waals surface area contributed by atoms with Crippen molar-refractivity contribution in [1.29, 1.82) is 0 Å². The maximum absolute atomic E-state index is 11.6. The highest BCUT2D eigenvalue weighted by molar-refractivity contribution is 5.87. The van der Waals surface area contributed by atoms with Gasteiger partial charge in [0.2, 0.25) is 0 Å². The molecule has 0 radical (unpaired) electrons. The Bertz CT molecular complexity index is 655. The van der Waals surface area contributed by atoms with Crippen LogP contribution in [0, 0.1) is 5.92 Å². The monoisotopic (exact) mass is 318 g/mol. The Kier molecular flexibility index (Phi) is 5.40. The van der Waals surface area contributed by atoms with Gasteiger partial charge in [0.1, 0.15) is 0 Å². The van der Waals surface area contributed by atoms with Gasteiger partial charge in [0.15, 0.2) is 5.82 Å². The standard InChI is InChI=1S/C15H18N4O4/c1-2-3-11(15(22)23)12(13-16-18-19-17-13)8-9-4-6-10(7-5-9)14(20)21/h4-7,11-12H,2-3,8H2,1H3,(H,20,21)(H,22,23)(H,16,17,18,19). The van der Waals surface area contributed by atoms with Crippen LogP contribution in [0.25, 0.3) is 0 Å². The molecule has 0 bridgehead atoms. The first kappa shape index (κ1) is 16.6. The number of rotatable bonds is 8. The number of carboxylic acid groups (broad SMARTS) is 2. The van der Waals surface area contributed by atoms with Gasteiger partial charge in [0.25, 0.3) is 0 Å². The first-order chi connectivity index (χ1) is 11.0. The number of aliphatic carboxylic acids is 1. The lowest BCUT2D eigenvalue weighted by molar-refractivity contribution is -0.143. The molecule has 122 valence electrons. The van der Waals surface area contributed by atoms with Crippen molar-refractivity contribution < 1.29 is 19.8 Å². The van der Waals surface area contributed by atoms with Crippen LogP contribution >= 0.6 is 0 Å². The van der Waals surface area contributed by atoms with Crippen LogP contribution in [0.5, 0.6) is 0 Å². The van der Waals surface area contributed by atoms with Gasteiger partial charge in [0, 0.05) is 5.92 Å². The number of tetrazole rings is 1. The van der Waals surface area contributed by atoms with Crippen molar-refractivity contribution in [2.24, 2.45) is 5.92 Å². The molecule has 2 atom stereocenters. The van der Waals surface area contributed by atoms with Crippen molar-refractivity contribution >= 4 is 11.9 Å². The summed E-state index contributed by atoms with van der Waals surface area (Å²) in [7, 11) is 0. The van der Waals surface area contributed by atoms with E-state index >= 15 is 0 Å². The molecule has 0 aliphatic carbocycles. The highest BCUT2D eigenvalue weighted by Crippen LogP contribution is 2.29. The lowest BCUT2D eigenvalue weighted by Gasteiger charge is -2.21. The van der Waals surface area contributed by atoms with Crippen LogP contribution in [0.15, 0.2) is 24.3 Å². The summed E-state index contributed by atoms with van der Waals surface area (Å²) < 4.78 is 0. The van der Waals surface area contributed by atoms with Crippen molar-refractivity contribution in [2.75, 3.05) is 0 Å². The molecule has 23 heavy (non-hydrogen) atoms. The van der Waals surface area contributed by atoms with Crippen LogP contribution in [0.3, 0.4) is 0 Å². The number of aromatic carboxylic acids is 1. The van der Waals surface area contributed by atoms with E-state index in [1.807, 2.05) is 6.92 Å². The van der Waals surface area contributed by atoms with Gasteiger partial charge in [-0.05, 0) is 30.5 Å².